The van der Waals surface area contributed by atoms with Gasteiger partial charge in [0.2, 0.25) is 0 Å². The molecule has 0 saturated carbocycles. The van der Waals surface area contributed by atoms with Crippen LogP contribution in [-0.2, 0) is 6.54 Å². The van der Waals surface area contributed by atoms with Crippen molar-refractivity contribution in [2.75, 3.05) is 0 Å². The molecule has 1 heterocycles. The van der Waals surface area contributed by atoms with E-state index in [4.69, 9.17) is 10.3 Å². The molecule has 4 heteroatoms. The molecule has 2 N–H and O–H groups in total. The molecule has 0 saturated heterocycles. The summed E-state index contributed by atoms with van der Waals surface area (Å²) in [4.78, 5) is 0. The normalized spacial score (nSPS) is 10.4. The summed E-state index contributed by atoms with van der Waals surface area (Å²) in [5.74, 6) is 0.0737. The largest absolute Gasteiger partial charge is 0.356 e. The number of hydrogen-bond donors (Lipinski definition) is 1. The molecule has 1 aromatic heterocycles. The van der Waals surface area contributed by atoms with E-state index in [0.717, 1.165) is 0 Å². The summed E-state index contributed by atoms with van der Waals surface area (Å²) in [6.07, 6.45) is 1.50. The van der Waals surface area contributed by atoms with E-state index in [1.807, 2.05) is 0 Å². The third-order valence-corrected chi connectivity index (χ3v) is 1.98. The second kappa shape index (κ2) is 3.59. The molecule has 0 amide bonds. The molecule has 0 aliphatic rings. The molecular weight excluding hydrogens is 183 g/mol. The number of rotatable bonds is 2. The average Bonchev–Trinajstić information content (AvgIpc) is 2.66. The van der Waals surface area contributed by atoms with E-state index in [1.54, 1.807) is 18.2 Å². The maximum atomic E-state index is 13.3. The van der Waals surface area contributed by atoms with Gasteiger partial charge >= 0.3 is 0 Å². The van der Waals surface area contributed by atoms with Crippen LogP contribution in [0, 0.1) is 5.82 Å². The van der Waals surface area contributed by atoms with Crippen LogP contribution in [0.4, 0.5) is 4.39 Å². The fraction of sp³-hybridized carbons (Fsp3) is 0.100. The Balaban J connectivity index is 2.54. The predicted octanol–water partition coefficient (Wildman–Crippen LogP) is 1.94. The molecular formula is C10H9FN2O. The minimum absolute atomic E-state index is 0.285. The first kappa shape index (κ1) is 8.90. The van der Waals surface area contributed by atoms with Gasteiger partial charge in [-0.1, -0.05) is 17.3 Å². The van der Waals surface area contributed by atoms with Crippen molar-refractivity contribution >= 4 is 0 Å². The lowest BCUT2D eigenvalue weighted by molar-refractivity contribution is 0.429. The summed E-state index contributed by atoms with van der Waals surface area (Å²) < 4.78 is 18.3. The average molecular weight is 192 g/mol. The van der Waals surface area contributed by atoms with Gasteiger partial charge in [0.05, 0.1) is 11.8 Å². The van der Waals surface area contributed by atoms with Gasteiger partial charge in [0, 0.05) is 12.1 Å². The molecule has 0 unspecified atom stereocenters. The van der Waals surface area contributed by atoms with Gasteiger partial charge in [0.25, 0.3) is 0 Å². The molecule has 0 radical (unpaired) electrons. The Bertz CT molecular complexity index is 439. The SMILES string of the molecule is NCc1cnoc1-c1ccccc1F. The van der Waals surface area contributed by atoms with Gasteiger partial charge < -0.3 is 10.3 Å². The third kappa shape index (κ3) is 1.40. The molecule has 2 rings (SSSR count). The summed E-state index contributed by atoms with van der Waals surface area (Å²) in [7, 11) is 0. The Morgan fingerprint density at radius 3 is 2.86 bits per heavy atom. The van der Waals surface area contributed by atoms with Crippen LogP contribution in [0.15, 0.2) is 35.0 Å². The van der Waals surface area contributed by atoms with Crippen LogP contribution >= 0.6 is 0 Å². The second-order valence-corrected chi connectivity index (χ2v) is 2.86. The lowest BCUT2D eigenvalue weighted by Gasteiger charge is -1.99. The summed E-state index contributed by atoms with van der Waals surface area (Å²) >= 11 is 0. The van der Waals surface area contributed by atoms with E-state index in [9.17, 15) is 4.39 Å². The highest BCUT2D eigenvalue weighted by Gasteiger charge is 2.12. The van der Waals surface area contributed by atoms with Gasteiger partial charge in [-0.25, -0.2) is 4.39 Å². The van der Waals surface area contributed by atoms with Crippen LogP contribution < -0.4 is 5.73 Å². The zero-order valence-electron chi connectivity index (χ0n) is 7.40. The van der Waals surface area contributed by atoms with Crippen molar-refractivity contribution in [1.82, 2.24) is 5.16 Å². The quantitative estimate of drug-likeness (QED) is 0.791. The number of hydrogen-bond acceptors (Lipinski definition) is 3. The first-order valence-corrected chi connectivity index (χ1v) is 4.21. The van der Waals surface area contributed by atoms with Gasteiger partial charge in [0.1, 0.15) is 5.82 Å². The van der Waals surface area contributed by atoms with Crippen LogP contribution in [0.5, 0.6) is 0 Å². The molecule has 0 fully saturated rings. The highest BCUT2D eigenvalue weighted by atomic mass is 19.1. The second-order valence-electron chi connectivity index (χ2n) is 2.86. The fourth-order valence-electron chi connectivity index (χ4n) is 1.27. The van der Waals surface area contributed by atoms with E-state index in [0.29, 0.717) is 16.9 Å². The van der Waals surface area contributed by atoms with Crippen molar-refractivity contribution in [3.8, 4) is 11.3 Å². The molecule has 1 aromatic carbocycles. The Hall–Kier alpha value is -1.68. The molecule has 0 atom stereocenters. The Kier molecular flexibility index (Phi) is 2.28. The lowest BCUT2D eigenvalue weighted by atomic mass is 10.1. The van der Waals surface area contributed by atoms with E-state index in [1.165, 1.54) is 12.3 Å². The van der Waals surface area contributed by atoms with E-state index >= 15 is 0 Å². The van der Waals surface area contributed by atoms with Crippen LogP contribution in [0.1, 0.15) is 5.56 Å². The number of benzene rings is 1. The van der Waals surface area contributed by atoms with Crippen molar-refractivity contribution < 1.29 is 8.91 Å². The maximum absolute atomic E-state index is 13.3. The predicted molar refractivity (Wildman–Crippen MR) is 49.8 cm³/mol. The number of aromatic nitrogens is 1. The summed E-state index contributed by atoms with van der Waals surface area (Å²) in [6, 6.07) is 6.37. The Morgan fingerprint density at radius 1 is 1.36 bits per heavy atom. The number of nitrogens with two attached hydrogens (primary N) is 1. The molecule has 0 spiro atoms. The van der Waals surface area contributed by atoms with Gasteiger partial charge in [-0.15, -0.1) is 0 Å². The maximum Gasteiger partial charge on any atom is 0.174 e. The zero-order chi connectivity index (χ0) is 9.97. The summed E-state index contributed by atoms with van der Waals surface area (Å²) in [5, 5.41) is 3.59. The van der Waals surface area contributed by atoms with E-state index in [2.05, 4.69) is 5.16 Å². The van der Waals surface area contributed by atoms with Crippen molar-refractivity contribution in [3.63, 3.8) is 0 Å². The number of halogens is 1. The van der Waals surface area contributed by atoms with Gasteiger partial charge in [-0.3, -0.25) is 0 Å². The van der Waals surface area contributed by atoms with Crippen molar-refractivity contribution in [1.29, 1.82) is 0 Å². The molecule has 3 nitrogen and oxygen atoms in total. The van der Waals surface area contributed by atoms with Crippen molar-refractivity contribution in [3.05, 3.63) is 41.8 Å². The minimum atomic E-state index is -0.334. The van der Waals surface area contributed by atoms with Crippen LogP contribution in [-0.4, -0.2) is 5.16 Å². The zero-order valence-corrected chi connectivity index (χ0v) is 7.40. The van der Waals surface area contributed by atoms with E-state index < -0.39 is 0 Å². The van der Waals surface area contributed by atoms with Crippen LogP contribution in [0.25, 0.3) is 11.3 Å². The molecule has 0 aliphatic heterocycles. The minimum Gasteiger partial charge on any atom is -0.356 e. The fourth-order valence-corrected chi connectivity index (χ4v) is 1.27. The van der Waals surface area contributed by atoms with Gasteiger partial charge in [0.15, 0.2) is 5.76 Å². The molecule has 0 aliphatic carbocycles. The third-order valence-electron chi connectivity index (χ3n) is 1.98. The summed E-state index contributed by atoms with van der Waals surface area (Å²) in [5.41, 5.74) is 6.56. The first-order valence-electron chi connectivity index (χ1n) is 4.21. The molecule has 72 valence electrons. The Labute approximate surface area is 80.3 Å². The summed E-state index contributed by atoms with van der Waals surface area (Å²) in [6.45, 7) is 0.285. The topological polar surface area (TPSA) is 52.0 Å². The van der Waals surface area contributed by atoms with Crippen LogP contribution in [0.3, 0.4) is 0 Å². The van der Waals surface area contributed by atoms with Gasteiger partial charge in [-0.05, 0) is 12.1 Å². The van der Waals surface area contributed by atoms with Crippen LogP contribution in [0.2, 0.25) is 0 Å². The molecule has 14 heavy (non-hydrogen) atoms. The highest BCUT2D eigenvalue weighted by Crippen LogP contribution is 2.25. The monoisotopic (exact) mass is 192 g/mol. The molecule has 0 bridgehead atoms. The van der Waals surface area contributed by atoms with Gasteiger partial charge in [-0.2, -0.15) is 0 Å². The smallest absolute Gasteiger partial charge is 0.174 e. The standard InChI is InChI=1S/C10H9FN2O/c11-9-4-2-1-3-8(9)10-7(5-12)6-13-14-10/h1-4,6H,5,12H2. The van der Waals surface area contributed by atoms with E-state index in [-0.39, 0.29) is 12.4 Å². The number of nitrogens with zero attached hydrogens (tertiary/aromatic N) is 1. The van der Waals surface area contributed by atoms with Crippen molar-refractivity contribution in [2.45, 2.75) is 6.54 Å². The first-order chi connectivity index (χ1) is 6.83. The highest BCUT2D eigenvalue weighted by molar-refractivity contribution is 5.61. The van der Waals surface area contributed by atoms with Crippen molar-refractivity contribution in [2.24, 2.45) is 5.73 Å². The molecule has 2 aromatic rings. The lowest BCUT2D eigenvalue weighted by Crippen LogP contribution is -1.96. The Morgan fingerprint density at radius 2 is 2.14 bits per heavy atom.